The second-order valence-electron chi connectivity index (χ2n) is 20.2. The summed E-state index contributed by atoms with van der Waals surface area (Å²) in [4.78, 5) is 122. The van der Waals surface area contributed by atoms with E-state index < -0.39 is 112 Å². The number of nitrogens with zero attached hydrogens (tertiary/aromatic N) is 1. The Morgan fingerprint density at radius 1 is 0.587 bits per heavy atom. The number of rotatable bonds is 15. The molecule has 404 valence electrons. The third-order valence-electron chi connectivity index (χ3n) is 13.5. The van der Waals surface area contributed by atoms with Gasteiger partial charge in [-0.2, -0.15) is 11.8 Å². The van der Waals surface area contributed by atoms with Gasteiger partial charge in [-0.1, -0.05) is 107 Å². The number of hydrogen-bond acceptors (Lipinski definition) is 10. The van der Waals surface area contributed by atoms with Crippen LogP contribution in [0.2, 0.25) is 0 Å². The monoisotopic (exact) mass is 1070 g/mol. The summed E-state index contributed by atoms with van der Waals surface area (Å²) in [7, 11) is -1.37. The molecule has 3 aromatic carbocycles. The number of aromatic nitrogens is 1. The van der Waals surface area contributed by atoms with E-state index in [2.05, 4.69) is 42.2 Å². The highest BCUT2D eigenvalue weighted by molar-refractivity contribution is 7.98. The first-order valence-electron chi connectivity index (χ1n) is 25.8. The highest BCUT2D eigenvalue weighted by Crippen LogP contribution is 2.22. The first-order chi connectivity index (χ1) is 35.9. The summed E-state index contributed by atoms with van der Waals surface area (Å²) in [5, 5.41) is 20.9. The number of hydrogen-bond donors (Lipinski definition) is 8. The van der Waals surface area contributed by atoms with Crippen molar-refractivity contribution in [1.82, 2.24) is 47.1 Å². The number of fused-ring (bicyclic) bond motifs is 2. The van der Waals surface area contributed by atoms with E-state index in [1.165, 1.54) is 22.9 Å². The number of carbonyl (C=O) groups is 8. The van der Waals surface area contributed by atoms with Gasteiger partial charge in [0.05, 0.1) is 0 Å². The van der Waals surface area contributed by atoms with Gasteiger partial charge in [-0.15, -0.1) is 0 Å². The van der Waals surface area contributed by atoms with Crippen molar-refractivity contribution in [1.29, 1.82) is 0 Å². The summed E-state index contributed by atoms with van der Waals surface area (Å²) in [6.45, 7) is 7.36. The van der Waals surface area contributed by atoms with Crippen molar-refractivity contribution in [2.75, 3.05) is 30.6 Å². The minimum atomic E-state index is -1.37. The summed E-state index contributed by atoms with van der Waals surface area (Å²) < 4.78 is 12.5. The Morgan fingerprint density at radius 3 is 1.68 bits per heavy atom. The van der Waals surface area contributed by atoms with Crippen molar-refractivity contribution < 1.29 is 42.6 Å². The molecule has 2 aliphatic rings. The number of amides is 8. The predicted octanol–water partition coefficient (Wildman–Crippen LogP) is 2.82. The minimum Gasteiger partial charge on any atom is -0.361 e. The van der Waals surface area contributed by atoms with E-state index in [1.807, 2.05) is 56.5 Å². The van der Waals surface area contributed by atoms with Gasteiger partial charge in [0.25, 0.3) is 0 Å². The molecule has 8 amide bonds. The van der Waals surface area contributed by atoms with Crippen molar-refractivity contribution in [3.63, 3.8) is 0 Å². The van der Waals surface area contributed by atoms with Crippen molar-refractivity contribution in [2.45, 2.75) is 127 Å². The minimum absolute atomic E-state index is 0.00506. The molecular weight excluding hydrogens is 995 g/mol. The van der Waals surface area contributed by atoms with Crippen molar-refractivity contribution in [3.8, 4) is 0 Å². The maximum atomic E-state index is 14.9. The molecule has 20 heteroatoms. The Bertz CT molecular complexity index is 2650. The van der Waals surface area contributed by atoms with Gasteiger partial charge >= 0.3 is 0 Å². The van der Waals surface area contributed by atoms with Crippen LogP contribution in [0, 0.1) is 11.8 Å². The van der Waals surface area contributed by atoms with Crippen LogP contribution in [0.3, 0.4) is 0 Å². The molecule has 0 spiro atoms. The number of thioether (sulfide) groups is 1. The second kappa shape index (κ2) is 27.8. The average molecular weight is 1070 g/mol. The Labute approximate surface area is 446 Å². The number of carbonyl (C=O) groups excluding carboxylic acids is 8. The third kappa shape index (κ3) is 16.5. The zero-order valence-corrected chi connectivity index (χ0v) is 45.3. The first kappa shape index (κ1) is 57.7. The van der Waals surface area contributed by atoms with Crippen molar-refractivity contribution in [3.05, 3.63) is 108 Å². The number of benzene rings is 3. The number of aromatic amines is 1. The zero-order valence-electron chi connectivity index (χ0n) is 43.6. The molecule has 18 nitrogen and oxygen atoms in total. The van der Waals surface area contributed by atoms with E-state index in [1.54, 1.807) is 68.6 Å². The summed E-state index contributed by atoms with van der Waals surface area (Å²) >= 11 is 1.45. The molecule has 1 unspecified atom stereocenters. The van der Waals surface area contributed by atoms with E-state index in [0.717, 1.165) is 10.9 Å². The highest BCUT2D eigenvalue weighted by Gasteiger charge is 2.41. The van der Waals surface area contributed by atoms with Crippen LogP contribution in [-0.4, -0.2) is 140 Å². The topological polar surface area (TPSA) is 257 Å². The van der Waals surface area contributed by atoms with Gasteiger partial charge < -0.3 is 47.1 Å². The fourth-order valence-electron chi connectivity index (χ4n) is 9.51. The SMILES string of the molecule is CSCC[C@@H]1NC(=O)[C@H](C(C)C)NC(=O)[C@H](Cc2c[nH]c3ccccc23)NC(=O)[C@H](Cc2ccccc2)NC(=O)[C@H](Cc2ccccc2)NC(=O)[C@@H]2CCCN2C(=O)[C@H](CCS(C)=O)NC(=O)[C@H](CC(C)C)NC1=O. The molecule has 0 radical (unpaired) electrons. The molecule has 3 heterocycles. The van der Waals surface area contributed by atoms with E-state index in [-0.39, 0.29) is 63.2 Å². The van der Waals surface area contributed by atoms with Crippen LogP contribution >= 0.6 is 11.8 Å². The molecular formula is C55H73N9O9S2. The Hall–Kier alpha value is -6.54. The summed E-state index contributed by atoms with van der Waals surface area (Å²) in [6, 6.07) is 15.8. The lowest BCUT2D eigenvalue weighted by molar-refractivity contribution is -0.142. The van der Waals surface area contributed by atoms with Gasteiger partial charge in [0.15, 0.2) is 0 Å². The fraction of sp³-hybridized carbons (Fsp3) is 0.491. The lowest BCUT2D eigenvalue weighted by atomic mass is 9.99. The maximum absolute atomic E-state index is 14.9. The smallest absolute Gasteiger partial charge is 0.245 e. The molecule has 0 saturated carbocycles. The molecule has 6 rings (SSSR count). The standard InChI is InChI=1S/C55H73N9O9S2/c1-33(2)28-42-49(66)58-41(24-27-75(6)73)55(72)64-25-15-22-46(64)53(70)62-44(30-36-18-11-8-12-19-36)51(68)60-43(29-35-16-9-7-10-17-35)50(67)61-45(31-37-32-56-39-21-14-13-20-38(37)39)52(69)63-47(34(3)4)54(71)57-40(23-26-74-5)48(65)59-42/h7-14,16-21,32-34,40-47,56H,15,22-31H2,1-6H3,(H,57,71)(H,58,66)(H,59,65)(H,60,68)(H,61,67)(H,62,70)(H,63,69)/t40-,41-,42-,43-,44-,45-,46-,47-,75?/m0/s1. The van der Waals surface area contributed by atoms with Crippen LogP contribution in [0.25, 0.3) is 10.9 Å². The van der Waals surface area contributed by atoms with Crippen LogP contribution in [0.4, 0.5) is 0 Å². The molecule has 1 aromatic heterocycles. The largest absolute Gasteiger partial charge is 0.361 e. The Kier molecular flexibility index (Phi) is 21.4. The predicted molar refractivity (Wildman–Crippen MR) is 291 cm³/mol. The molecule has 75 heavy (non-hydrogen) atoms. The lowest BCUT2D eigenvalue weighted by Gasteiger charge is -2.32. The molecule has 0 bridgehead atoms. The van der Waals surface area contributed by atoms with Gasteiger partial charge in [0, 0.05) is 65.7 Å². The number of para-hydroxylation sites is 1. The van der Waals surface area contributed by atoms with Gasteiger partial charge in [0.1, 0.15) is 48.3 Å². The Morgan fingerprint density at radius 2 is 1.09 bits per heavy atom. The van der Waals surface area contributed by atoms with Crippen LogP contribution in [-0.2, 0) is 68.4 Å². The van der Waals surface area contributed by atoms with Gasteiger partial charge in [-0.05, 0) is 78.7 Å². The molecule has 2 aliphatic heterocycles. The van der Waals surface area contributed by atoms with Crippen LogP contribution in [0.1, 0.15) is 76.5 Å². The summed E-state index contributed by atoms with van der Waals surface area (Å²) in [5.74, 6) is -5.50. The summed E-state index contributed by atoms with van der Waals surface area (Å²) in [5.41, 5.74) is 2.88. The number of H-pyrrole nitrogens is 1. The average Bonchev–Trinajstić information content (AvgIpc) is 4.05. The van der Waals surface area contributed by atoms with E-state index >= 15 is 0 Å². The highest BCUT2D eigenvalue weighted by atomic mass is 32.2. The van der Waals surface area contributed by atoms with Crippen LogP contribution in [0.5, 0.6) is 0 Å². The van der Waals surface area contributed by atoms with E-state index in [0.29, 0.717) is 28.9 Å². The second-order valence-corrected chi connectivity index (χ2v) is 22.7. The zero-order chi connectivity index (χ0) is 54.2. The van der Waals surface area contributed by atoms with Crippen LogP contribution in [0.15, 0.2) is 91.1 Å². The molecule has 2 fully saturated rings. The van der Waals surface area contributed by atoms with Crippen LogP contribution < -0.4 is 37.2 Å². The van der Waals surface area contributed by atoms with Gasteiger partial charge in [0.2, 0.25) is 47.3 Å². The van der Waals surface area contributed by atoms with E-state index in [4.69, 9.17) is 0 Å². The Balaban J connectivity index is 1.44. The first-order valence-corrected chi connectivity index (χ1v) is 28.9. The molecule has 9 atom stereocenters. The molecule has 2 saturated heterocycles. The third-order valence-corrected chi connectivity index (χ3v) is 15.0. The van der Waals surface area contributed by atoms with Crippen molar-refractivity contribution in [2.24, 2.45) is 11.8 Å². The summed E-state index contributed by atoms with van der Waals surface area (Å²) in [6.07, 6.45) is 5.98. The van der Waals surface area contributed by atoms with Gasteiger partial charge in [-0.3, -0.25) is 42.6 Å². The molecule has 8 N–H and O–H groups in total. The van der Waals surface area contributed by atoms with E-state index in [9.17, 15) is 42.6 Å². The quantitative estimate of drug-likeness (QED) is 0.0864. The normalized spacial score (nSPS) is 24.6. The molecule has 0 aliphatic carbocycles. The number of nitrogens with one attached hydrogen (secondary N) is 8. The lowest BCUT2D eigenvalue weighted by Crippen LogP contribution is -2.62. The maximum Gasteiger partial charge on any atom is 0.245 e. The van der Waals surface area contributed by atoms with Gasteiger partial charge in [-0.25, -0.2) is 0 Å². The van der Waals surface area contributed by atoms with Crippen molar-refractivity contribution >= 4 is 80.7 Å². The fourth-order valence-corrected chi connectivity index (χ4v) is 10.5. The molecule has 4 aromatic rings.